The molecule has 3 rings (SSSR count). The van der Waals surface area contributed by atoms with Crippen LogP contribution in [0.4, 0.5) is 10.1 Å². The molecule has 1 fully saturated rings. The number of ether oxygens (including phenoxy) is 1. The number of anilines is 1. The first-order valence-electron chi connectivity index (χ1n) is 9.29. The molecular formula is C20H22FN3O5S. The Balaban J connectivity index is 1.77. The van der Waals surface area contributed by atoms with E-state index in [0.717, 1.165) is 22.0 Å². The summed E-state index contributed by atoms with van der Waals surface area (Å²) in [6.45, 7) is 0.717. The van der Waals surface area contributed by atoms with Gasteiger partial charge in [-0.3, -0.25) is 9.59 Å². The molecular weight excluding hydrogens is 413 g/mol. The van der Waals surface area contributed by atoms with Gasteiger partial charge in [0.1, 0.15) is 10.7 Å². The molecule has 0 bridgehead atoms. The van der Waals surface area contributed by atoms with E-state index in [1.807, 2.05) is 0 Å². The third-order valence-corrected chi connectivity index (χ3v) is 6.55. The van der Waals surface area contributed by atoms with Crippen LogP contribution >= 0.6 is 0 Å². The van der Waals surface area contributed by atoms with Crippen molar-refractivity contribution in [1.29, 1.82) is 0 Å². The molecule has 0 unspecified atom stereocenters. The number of sulfonamides is 1. The molecule has 0 aliphatic carbocycles. The zero-order valence-corrected chi connectivity index (χ0v) is 17.2. The van der Waals surface area contributed by atoms with Crippen LogP contribution in [0.3, 0.4) is 0 Å². The molecule has 10 heteroatoms. The first kappa shape index (κ1) is 21.9. The van der Waals surface area contributed by atoms with Gasteiger partial charge in [0, 0.05) is 31.4 Å². The lowest BCUT2D eigenvalue weighted by molar-refractivity contribution is -0.119. The number of nitrogens with one attached hydrogen (secondary N) is 2. The first-order chi connectivity index (χ1) is 14.3. The first-order valence-corrected chi connectivity index (χ1v) is 10.7. The van der Waals surface area contributed by atoms with Crippen molar-refractivity contribution in [3.8, 4) is 0 Å². The van der Waals surface area contributed by atoms with E-state index in [9.17, 15) is 22.4 Å². The second kappa shape index (κ2) is 9.33. The van der Waals surface area contributed by atoms with Gasteiger partial charge in [0.15, 0.2) is 0 Å². The van der Waals surface area contributed by atoms with E-state index in [0.29, 0.717) is 5.69 Å². The second-order valence-corrected chi connectivity index (χ2v) is 8.57. The molecule has 0 radical (unpaired) electrons. The molecule has 1 saturated heterocycles. The number of carbonyl (C=O) groups excluding carboxylic acids is 2. The minimum Gasteiger partial charge on any atom is -0.379 e. The Bertz CT molecular complexity index is 1030. The summed E-state index contributed by atoms with van der Waals surface area (Å²) in [7, 11) is -2.53. The Labute approximate surface area is 174 Å². The van der Waals surface area contributed by atoms with Crippen molar-refractivity contribution in [1.82, 2.24) is 9.62 Å². The van der Waals surface area contributed by atoms with E-state index in [2.05, 4.69) is 10.6 Å². The average molecular weight is 435 g/mol. The lowest BCUT2D eigenvalue weighted by Gasteiger charge is -2.26. The number of benzene rings is 2. The highest BCUT2D eigenvalue weighted by Gasteiger charge is 2.29. The maximum absolute atomic E-state index is 14.3. The van der Waals surface area contributed by atoms with Crippen LogP contribution in [0.15, 0.2) is 47.4 Å². The summed E-state index contributed by atoms with van der Waals surface area (Å²) in [5, 5.41) is 5.17. The van der Waals surface area contributed by atoms with Gasteiger partial charge < -0.3 is 15.4 Å². The minimum absolute atomic E-state index is 0.0117. The van der Waals surface area contributed by atoms with Crippen molar-refractivity contribution < 1.29 is 27.1 Å². The van der Waals surface area contributed by atoms with Crippen LogP contribution in [0, 0.1) is 5.82 Å². The molecule has 0 aromatic heterocycles. The number of hydrogen-bond donors (Lipinski definition) is 2. The molecule has 1 aliphatic heterocycles. The summed E-state index contributed by atoms with van der Waals surface area (Å²) < 4.78 is 46.1. The number of likely N-dealkylation sites (N-methyl/N-ethyl adjacent to an activating group) is 1. The van der Waals surface area contributed by atoms with Crippen LogP contribution in [0.1, 0.15) is 15.9 Å². The van der Waals surface area contributed by atoms with E-state index in [4.69, 9.17) is 4.74 Å². The molecule has 2 aromatic carbocycles. The third kappa shape index (κ3) is 5.02. The van der Waals surface area contributed by atoms with Crippen molar-refractivity contribution in [2.45, 2.75) is 11.3 Å². The van der Waals surface area contributed by atoms with Crippen LogP contribution in [0.5, 0.6) is 0 Å². The van der Waals surface area contributed by atoms with Crippen molar-refractivity contribution in [3.05, 3.63) is 59.4 Å². The zero-order valence-electron chi connectivity index (χ0n) is 16.4. The third-order valence-electron chi connectivity index (χ3n) is 4.64. The number of carbonyl (C=O) groups is 2. The highest BCUT2D eigenvalue weighted by atomic mass is 32.2. The van der Waals surface area contributed by atoms with Crippen molar-refractivity contribution in [2.24, 2.45) is 0 Å². The number of nitrogens with zero attached hydrogens (tertiary/aromatic N) is 1. The van der Waals surface area contributed by atoms with Gasteiger partial charge in [-0.25, -0.2) is 12.8 Å². The molecule has 0 saturated carbocycles. The van der Waals surface area contributed by atoms with Gasteiger partial charge in [0.25, 0.3) is 5.91 Å². The largest absolute Gasteiger partial charge is 0.379 e. The summed E-state index contributed by atoms with van der Waals surface area (Å²) in [6.07, 6.45) is 0.214. The Morgan fingerprint density at radius 2 is 1.77 bits per heavy atom. The van der Waals surface area contributed by atoms with E-state index in [1.165, 1.54) is 6.07 Å². The predicted octanol–water partition coefficient (Wildman–Crippen LogP) is 1.39. The highest BCUT2D eigenvalue weighted by molar-refractivity contribution is 7.89. The maximum Gasteiger partial charge on any atom is 0.255 e. The fraction of sp³-hybridized carbons (Fsp3) is 0.300. The number of morpholine rings is 1. The summed E-state index contributed by atoms with van der Waals surface area (Å²) in [5.74, 6) is -1.63. The summed E-state index contributed by atoms with van der Waals surface area (Å²) >= 11 is 0. The van der Waals surface area contributed by atoms with E-state index >= 15 is 0 Å². The van der Waals surface area contributed by atoms with E-state index < -0.39 is 26.6 Å². The highest BCUT2D eigenvalue weighted by Crippen LogP contribution is 2.22. The average Bonchev–Trinajstić information content (AvgIpc) is 2.75. The maximum atomic E-state index is 14.3. The Kier molecular flexibility index (Phi) is 6.80. The number of hydrogen-bond acceptors (Lipinski definition) is 5. The SMILES string of the molecule is CNC(=O)Cc1ccc(NC(=O)c2ccc(F)c(S(=O)(=O)N3CCOCC3)c2)cc1. The minimum atomic E-state index is -4.08. The molecule has 1 aliphatic rings. The lowest BCUT2D eigenvalue weighted by Crippen LogP contribution is -2.41. The molecule has 30 heavy (non-hydrogen) atoms. The van der Waals surface area contributed by atoms with Crippen molar-refractivity contribution >= 4 is 27.5 Å². The monoisotopic (exact) mass is 435 g/mol. The van der Waals surface area contributed by atoms with Crippen LogP contribution in [0.2, 0.25) is 0 Å². The topological polar surface area (TPSA) is 105 Å². The Morgan fingerprint density at radius 1 is 1.10 bits per heavy atom. The molecule has 160 valence electrons. The van der Waals surface area contributed by atoms with Gasteiger partial charge in [0.05, 0.1) is 19.6 Å². The molecule has 8 nitrogen and oxygen atoms in total. The molecule has 2 N–H and O–H groups in total. The molecule has 2 amide bonds. The standard InChI is InChI=1S/C20H22FN3O5S/c1-22-19(25)12-14-2-5-16(6-3-14)23-20(26)15-4-7-17(21)18(13-15)30(27,28)24-8-10-29-11-9-24/h2-7,13H,8-12H2,1H3,(H,22,25)(H,23,26). The fourth-order valence-corrected chi connectivity index (χ4v) is 4.45. The smallest absolute Gasteiger partial charge is 0.255 e. The molecule has 0 spiro atoms. The summed E-state index contributed by atoms with van der Waals surface area (Å²) in [5.41, 5.74) is 1.24. The number of rotatable bonds is 6. The van der Waals surface area contributed by atoms with Gasteiger partial charge in [-0.2, -0.15) is 4.31 Å². The molecule has 2 aromatic rings. The van der Waals surface area contributed by atoms with Gasteiger partial charge in [-0.15, -0.1) is 0 Å². The number of halogens is 1. The zero-order chi connectivity index (χ0) is 21.7. The molecule has 0 atom stereocenters. The van der Waals surface area contributed by atoms with Crippen LogP contribution in [0.25, 0.3) is 0 Å². The van der Waals surface area contributed by atoms with Crippen LogP contribution in [-0.2, 0) is 26.0 Å². The van der Waals surface area contributed by atoms with Crippen molar-refractivity contribution in [3.63, 3.8) is 0 Å². The van der Waals surface area contributed by atoms with E-state index in [-0.39, 0.29) is 44.2 Å². The second-order valence-electron chi connectivity index (χ2n) is 6.66. The van der Waals surface area contributed by atoms with Gasteiger partial charge in [0.2, 0.25) is 15.9 Å². The Morgan fingerprint density at radius 3 is 2.40 bits per heavy atom. The van der Waals surface area contributed by atoms with Crippen LogP contribution in [-0.4, -0.2) is 57.9 Å². The summed E-state index contributed by atoms with van der Waals surface area (Å²) in [6, 6.07) is 9.89. The van der Waals surface area contributed by atoms with Gasteiger partial charge >= 0.3 is 0 Å². The quantitative estimate of drug-likeness (QED) is 0.714. The normalized spacial score (nSPS) is 14.9. The fourth-order valence-electron chi connectivity index (χ4n) is 2.95. The number of amides is 2. The van der Waals surface area contributed by atoms with Crippen LogP contribution < -0.4 is 10.6 Å². The lowest BCUT2D eigenvalue weighted by atomic mass is 10.1. The summed E-state index contributed by atoms with van der Waals surface area (Å²) in [4.78, 5) is 23.4. The van der Waals surface area contributed by atoms with E-state index in [1.54, 1.807) is 31.3 Å². The van der Waals surface area contributed by atoms with Gasteiger partial charge in [-0.1, -0.05) is 12.1 Å². The molecule has 1 heterocycles. The van der Waals surface area contributed by atoms with Gasteiger partial charge in [-0.05, 0) is 35.9 Å². The predicted molar refractivity (Wildman–Crippen MR) is 108 cm³/mol. The van der Waals surface area contributed by atoms with Crippen molar-refractivity contribution in [2.75, 3.05) is 38.7 Å². The Hall–Kier alpha value is -2.82.